The van der Waals surface area contributed by atoms with Gasteiger partial charge < -0.3 is 10.6 Å². The van der Waals surface area contributed by atoms with Gasteiger partial charge in [0.2, 0.25) is 5.95 Å². The maximum absolute atomic E-state index is 5.55. The van der Waals surface area contributed by atoms with E-state index in [0.29, 0.717) is 5.95 Å². The molecule has 17 heavy (non-hydrogen) atoms. The molecule has 4 nitrogen and oxygen atoms in total. The highest BCUT2D eigenvalue weighted by molar-refractivity contribution is 9.10. The molecular weight excluding hydrogens is 280 g/mol. The second kappa shape index (κ2) is 5.14. The lowest BCUT2D eigenvalue weighted by atomic mass is 10.2. The Kier molecular flexibility index (Phi) is 3.58. The lowest BCUT2D eigenvalue weighted by Crippen LogP contribution is -2.18. The van der Waals surface area contributed by atoms with Crippen LogP contribution in [0.15, 0.2) is 41.0 Å². The number of anilines is 2. The molecule has 2 rings (SSSR count). The number of aromatic nitrogens is 2. The molecule has 88 valence electrons. The van der Waals surface area contributed by atoms with Crippen LogP contribution in [0, 0.1) is 0 Å². The van der Waals surface area contributed by atoms with E-state index in [0.717, 1.165) is 16.8 Å². The SMILES string of the molecule is CN(Cc1ccc(Br)cc1)c1ccnc(N)n1. The van der Waals surface area contributed by atoms with Gasteiger partial charge in [-0.2, -0.15) is 4.98 Å². The topological polar surface area (TPSA) is 55.0 Å². The number of nitrogens with zero attached hydrogens (tertiary/aromatic N) is 3. The number of benzene rings is 1. The fraction of sp³-hybridized carbons (Fsp3) is 0.167. The molecule has 2 aromatic rings. The van der Waals surface area contributed by atoms with Crippen molar-refractivity contribution in [1.82, 2.24) is 9.97 Å². The van der Waals surface area contributed by atoms with Gasteiger partial charge in [0.15, 0.2) is 0 Å². The van der Waals surface area contributed by atoms with E-state index < -0.39 is 0 Å². The summed E-state index contributed by atoms with van der Waals surface area (Å²) in [5, 5.41) is 0. The Labute approximate surface area is 109 Å². The normalized spacial score (nSPS) is 10.2. The van der Waals surface area contributed by atoms with Gasteiger partial charge in [0, 0.05) is 24.3 Å². The Balaban J connectivity index is 2.11. The molecular formula is C12H13BrN4. The molecule has 0 saturated heterocycles. The average Bonchev–Trinajstić information content (AvgIpc) is 2.32. The summed E-state index contributed by atoms with van der Waals surface area (Å²) in [5.41, 5.74) is 6.77. The van der Waals surface area contributed by atoms with Crippen LogP contribution in [0.25, 0.3) is 0 Å². The van der Waals surface area contributed by atoms with Crippen LogP contribution in [-0.4, -0.2) is 17.0 Å². The largest absolute Gasteiger partial charge is 0.368 e. The zero-order valence-corrected chi connectivity index (χ0v) is 11.1. The summed E-state index contributed by atoms with van der Waals surface area (Å²) in [6.45, 7) is 0.781. The molecule has 0 unspecified atom stereocenters. The number of halogens is 1. The van der Waals surface area contributed by atoms with E-state index in [1.807, 2.05) is 30.1 Å². The van der Waals surface area contributed by atoms with Gasteiger partial charge in [0.05, 0.1) is 0 Å². The predicted octanol–water partition coefficient (Wildman–Crippen LogP) is 2.46. The first-order valence-electron chi connectivity index (χ1n) is 5.19. The molecule has 1 heterocycles. The van der Waals surface area contributed by atoms with Crippen LogP contribution in [0.3, 0.4) is 0 Å². The quantitative estimate of drug-likeness (QED) is 0.944. The van der Waals surface area contributed by atoms with Crippen LogP contribution in [-0.2, 0) is 6.54 Å². The summed E-state index contributed by atoms with van der Waals surface area (Å²) in [4.78, 5) is 10.1. The molecule has 0 radical (unpaired) electrons. The Morgan fingerprint density at radius 2 is 1.94 bits per heavy atom. The van der Waals surface area contributed by atoms with Crippen molar-refractivity contribution in [1.29, 1.82) is 0 Å². The highest BCUT2D eigenvalue weighted by Crippen LogP contribution is 2.15. The highest BCUT2D eigenvalue weighted by Gasteiger charge is 2.04. The molecule has 0 fully saturated rings. The monoisotopic (exact) mass is 292 g/mol. The zero-order chi connectivity index (χ0) is 12.3. The maximum Gasteiger partial charge on any atom is 0.221 e. The Bertz CT molecular complexity index is 498. The van der Waals surface area contributed by atoms with Crippen molar-refractivity contribution in [2.75, 3.05) is 17.7 Å². The molecule has 0 aliphatic carbocycles. The van der Waals surface area contributed by atoms with E-state index in [1.54, 1.807) is 6.20 Å². The summed E-state index contributed by atoms with van der Waals surface area (Å²) in [7, 11) is 1.98. The van der Waals surface area contributed by atoms with Gasteiger partial charge in [-0.3, -0.25) is 0 Å². The number of hydrogen-bond acceptors (Lipinski definition) is 4. The van der Waals surface area contributed by atoms with Crippen LogP contribution >= 0.6 is 15.9 Å². The van der Waals surface area contributed by atoms with E-state index in [2.05, 4.69) is 38.0 Å². The van der Waals surface area contributed by atoms with E-state index in [-0.39, 0.29) is 0 Å². The minimum Gasteiger partial charge on any atom is -0.368 e. The van der Waals surface area contributed by atoms with Crippen molar-refractivity contribution >= 4 is 27.7 Å². The van der Waals surface area contributed by atoms with E-state index in [9.17, 15) is 0 Å². The Morgan fingerprint density at radius 1 is 1.24 bits per heavy atom. The van der Waals surface area contributed by atoms with Crippen LogP contribution in [0.1, 0.15) is 5.56 Å². The minimum absolute atomic E-state index is 0.296. The van der Waals surface area contributed by atoms with Crippen molar-refractivity contribution in [2.45, 2.75) is 6.54 Å². The molecule has 1 aromatic carbocycles. The van der Waals surface area contributed by atoms with Gasteiger partial charge in [-0.05, 0) is 23.8 Å². The van der Waals surface area contributed by atoms with Gasteiger partial charge in [-0.1, -0.05) is 28.1 Å². The second-order valence-electron chi connectivity index (χ2n) is 3.76. The van der Waals surface area contributed by atoms with Crippen LogP contribution < -0.4 is 10.6 Å². The van der Waals surface area contributed by atoms with Gasteiger partial charge >= 0.3 is 0 Å². The van der Waals surface area contributed by atoms with Gasteiger partial charge in [0.1, 0.15) is 5.82 Å². The first-order valence-corrected chi connectivity index (χ1v) is 5.98. The molecule has 0 amide bonds. The van der Waals surface area contributed by atoms with Crippen LogP contribution in [0.2, 0.25) is 0 Å². The lowest BCUT2D eigenvalue weighted by molar-refractivity contribution is 0.893. The summed E-state index contributed by atoms with van der Waals surface area (Å²) < 4.78 is 1.08. The van der Waals surface area contributed by atoms with Gasteiger partial charge in [0.25, 0.3) is 0 Å². The minimum atomic E-state index is 0.296. The van der Waals surface area contributed by atoms with Crippen LogP contribution in [0.5, 0.6) is 0 Å². The molecule has 0 bridgehead atoms. The van der Waals surface area contributed by atoms with E-state index >= 15 is 0 Å². The third-order valence-corrected chi connectivity index (χ3v) is 2.91. The van der Waals surface area contributed by atoms with Gasteiger partial charge in [-0.25, -0.2) is 4.98 Å². The third-order valence-electron chi connectivity index (χ3n) is 2.38. The number of rotatable bonds is 3. The fourth-order valence-corrected chi connectivity index (χ4v) is 1.79. The molecule has 5 heteroatoms. The van der Waals surface area contributed by atoms with Crippen LogP contribution in [0.4, 0.5) is 11.8 Å². The van der Waals surface area contributed by atoms with Crippen molar-refractivity contribution < 1.29 is 0 Å². The lowest BCUT2D eigenvalue weighted by Gasteiger charge is -2.18. The summed E-state index contributed by atoms with van der Waals surface area (Å²) in [5.74, 6) is 1.12. The number of nitrogen functional groups attached to an aromatic ring is 1. The molecule has 0 spiro atoms. The Hall–Kier alpha value is -1.62. The van der Waals surface area contributed by atoms with E-state index in [4.69, 9.17) is 5.73 Å². The average molecular weight is 293 g/mol. The molecule has 0 aliphatic heterocycles. The van der Waals surface area contributed by atoms with E-state index in [1.165, 1.54) is 5.56 Å². The number of hydrogen-bond donors (Lipinski definition) is 1. The summed E-state index contributed by atoms with van der Waals surface area (Å²) in [6.07, 6.45) is 1.66. The smallest absolute Gasteiger partial charge is 0.221 e. The first-order chi connectivity index (χ1) is 8.15. The third kappa shape index (κ3) is 3.17. The van der Waals surface area contributed by atoms with Gasteiger partial charge in [-0.15, -0.1) is 0 Å². The highest BCUT2D eigenvalue weighted by atomic mass is 79.9. The fourth-order valence-electron chi connectivity index (χ4n) is 1.52. The molecule has 2 N–H and O–H groups in total. The number of nitrogens with two attached hydrogens (primary N) is 1. The molecule has 1 aromatic heterocycles. The summed E-state index contributed by atoms with van der Waals surface area (Å²) >= 11 is 3.42. The van der Waals surface area contributed by atoms with Crippen molar-refractivity contribution in [3.8, 4) is 0 Å². The standard InChI is InChI=1S/C12H13BrN4/c1-17(11-6-7-15-12(14)16-11)8-9-2-4-10(13)5-3-9/h2-7H,8H2,1H3,(H2,14,15,16). The predicted molar refractivity (Wildman–Crippen MR) is 72.7 cm³/mol. The van der Waals surface area contributed by atoms with Crippen molar-refractivity contribution in [2.24, 2.45) is 0 Å². The van der Waals surface area contributed by atoms with Crippen molar-refractivity contribution in [3.63, 3.8) is 0 Å². The molecule has 0 saturated carbocycles. The second-order valence-corrected chi connectivity index (χ2v) is 4.67. The summed E-state index contributed by atoms with van der Waals surface area (Å²) in [6, 6.07) is 10.0. The first kappa shape index (κ1) is 11.9. The zero-order valence-electron chi connectivity index (χ0n) is 9.47. The molecule has 0 aliphatic rings. The maximum atomic E-state index is 5.55. The Morgan fingerprint density at radius 3 is 2.59 bits per heavy atom. The van der Waals surface area contributed by atoms with Crippen molar-refractivity contribution in [3.05, 3.63) is 46.6 Å². The molecule has 0 atom stereocenters.